The first-order valence-corrected chi connectivity index (χ1v) is 12.6. The Labute approximate surface area is 213 Å². The number of hydrogen-bond acceptors (Lipinski definition) is 10. The number of aromatic nitrogens is 6. The quantitative estimate of drug-likeness (QED) is 0.315. The lowest BCUT2D eigenvalue weighted by Gasteiger charge is -2.19. The van der Waals surface area contributed by atoms with Crippen LogP contribution in [0, 0.1) is 5.82 Å². The molecule has 1 aromatic carbocycles. The van der Waals surface area contributed by atoms with Gasteiger partial charge in [-0.05, 0) is 31.2 Å². The third kappa shape index (κ3) is 5.43. The van der Waals surface area contributed by atoms with E-state index >= 15 is 0 Å². The number of pyridine rings is 1. The molecule has 0 spiro atoms. The average molecular weight is 529 g/mol. The summed E-state index contributed by atoms with van der Waals surface area (Å²) in [4.78, 5) is 12.2. The first-order chi connectivity index (χ1) is 17.8. The predicted molar refractivity (Wildman–Crippen MR) is 135 cm³/mol. The molecule has 4 aromatic rings. The van der Waals surface area contributed by atoms with E-state index in [-0.39, 0.29) is 24.0 Å². The van der Waals surface area contributed by atoms with E-state index < -0.39 is 21.1 Å². The Kier molecular flexibility index (Phi) is 7.47. The van der Waals surface area contributed by atoms with Gasteiger partial charge in [0.2, 0.25) is 16.0 Å². The fourth-order valence-corrected chi connectivity index (χ4v) is 4.47. The third-order valence-electron chi connectivity index (χ3n) is 5.43. The minimum absolute atomic E-state index is 0.0552. The first kappa shape index (κ1) is 25.8. The van der Waals surface area contributed by atoms with Gasteiger partial charge >= 0.3 is 0 Å². The van der Waals surface area contributed by atoms with Gasteiger partial charge in [0, 0.05) is 13.5 Å². The molecule has 1 atom stereocenters. The lowest BCUT2D eigenvalue weighted by molar-refractivity contribution is 0.391. The van der Waals surface area contributed by atoms with Gasteiger partial charge in [0.1, 0.15) is 34.5 Å². The minimum atomic E-state index is -4.03. The van der Waals surface area contributed by atoms with Crippen LogP contribution < -0.4 is 19.5 Å². The molecule has 0 amide bonds. The summed E-state index contributed by atoms with van der Waals surface area (Å²) in [6.07, 6.45) is 1.91. The lowest BCUT2D eigenvalue weighted by atomic mass is 10.2. The molecule has 37 heavy (non-hydrogen) atoms. The van der Waals surface area contributed by atoms with Crippen LogP contribution in [-0.2, 0) is 16.4 Å². The molecule has 0 aliphatic rings. The van der Waals surface area contributed by atoms with Crippen LogP contribution in [0.1, 0.15) is 12.7 Å². The van der Waals surface area contributed by atoms with E-state index in [4.69, 9.17) is 9.47 Å². The Morgan fingerprint density at radius 2 is 1.68 bits per heavy atom. The van der Waals surface area contributed by atoms with E-state index in [0.29, 0.717) is 28.7 Å². The van der Waals surface area contributed by atoms with Crippen molar-refractivity contribution in [2.45, 2.75) is 18.6 Å². The van der Waals surface area contributed by atoms with Crippen LogP contribution in [0.3, 0.4) is 0 Å². The summed E-state index contributed by atoms with van der Waals surface area (Å²) in [6.45, 7) is 1.48. The van der Waals surface area contributed by atoms with E-state index in [1.54, 1.807) is 43.4 Å². The van der Waals surface area contributed by atoms with Crippen LogP contribution in [0.25, 0.3) is 17.2 Å². The number of hydrogen-bond donors (Lipinski definition) is 2. The van der Waals surface area contributed by atoms with Crippen LogP contribution in [0.5, 0.6) is 11.5 Å². The summed E-state index contributed by atoms with van der Waals surface area (Å²) < 4.78 is 54.9. The van der Waals surface area contributed by atoms with Gasteiger partial charge in [0.15, 0.2) is 11.6 Å². The molecule has 3 heterocycles. The Balaban J connectivity index is 1.82. The van der Waals surface area contributed by atoms with Gasteiger partial charge < -0.3 is 14.8 Å². The number of sulfonamides is 1. The average Bonchev–Trinajstić information content (AvgIpc) is 3.31. The molecule has 0 saturated heterocycles. The summed E-state index contributed by atoms with van der Waals surface area (Å²) in [5, 5.41) is 10.4. The molecule has 3 aromatic heterocycles. The number of nitrogens with zero attached hydrogens (tertiary/aromatic N) is 6. The molecule has 0 aliphatic heterocycles. The summed E-state index contributed by atoms with van der Waals surface area (Å²) in [5.74, 6) is 1.06. The van der Waals surface area contributed by atoms with E-state index in [1.165, 1.54) is 25.7 Å². The molecule has 4 rings (SSSR count). The molecule has 0 fully saturated rings. The van der Waals surface area contributed by atoms with Crippen molar-refractivity contribution >= 4 is 21.8 Å². The van der Waals surface area contributed by atoms with E-state index in [0.717, 1.165) is 12.4 Å². The van der Waals surface area contributed by atoms with Crippen LogP contribution in [-0.4, -0.2) is 64.7 Å². The van der Waals surface area contributed by atoms with E-state index in [1.807, 2.05) is 0 Å². The number of methoxy groups -OCH3 is 2. The van der Waals surface area contributed by atoms with Crippen LogP contribution in [0.15, 0.2) is 48.8 Å². The van der Waals surface area contributed by atoms with E-state index in [2.05, 4.69) is 35.2 Å². The normalized spacial score (nSPS) is 12.1. The van der Waals surface area contributed by atoms with Gasteiger partial charge in [0.05, 0.1) is 31.9 Å². The highest BCUT2D eigenvalue weighted by atomic mass is 32.2. The molecule has 0 saturated carbocycles. The van der Waals surface area contributed by atoms with Gasteiger partial charge in [-0.15, -0.1) is 10.2 Å². The third-order valence-corrected chi connectivity index (χ3v) is 7.12. The van der Waals surface area contributed by atoms with Crippen LogP contribution in [0.2, 0.25) is 0 Å². The second-order valence-electron chi connectivity index (χ2n) is 7.83. The number of rotatable bonds is 10. The smallest absolute Gasteiger partial charge is 0.243 e. The largest absolute Gasteiger partial charge is 0.494 e. The highest BCUT2D eigenvalue weighted by molar-refractivity contribution is 7.93. The number of halogens is 1. The summed E-state index contributed by atoms with van der Waals surface area (Å²) in [6, 6.07) is 10.4. The lowest BCUT2D eigenvalue weighted by Crippen LogP contribution is -2.29. The maximum absolute atomic E-state index is 13.3. The molecule has 194 valence electrons. The van der Waals surface area contributed by atoms with Crippen LogP contribution >= 0.6 is 0 Å². The molecule has 0 radical (unpaired) electrons. The first-order valence-electron chi connectivity index (χ1n) is 11.1. The van der Waals surface area contributed by atoms with Gasteiger partial charge in [-0.2, -0.15) is 0 Å². The second-order valence-corrected chi connectivity index (χ2v) is 9.93. The molecular weight excluding hydrogens is 503 g/mol. The maximum Gasteiger partial charge on any atom is 0.243 e. The van der Waals surface area contributed by atoms with Crippen molar-refractivity contribution in [1.82, 2.24) is 29.7 Å². The molecule has 0 unspecified atom stereocenters. The summed E-state index contributed by atoms with van der Waals surface area (Å²) in [5.41, 5.74) is 0.793. The maximum atomic E-state index is 13.3. The Hall–Kier alpha value is -4.33. The zero-order chi connectivity index (χ0) is 26.6. The van der Waals surface area contributed by atoms with Gasteiger partial charge in [-0.1, -0.05) is 12.1 Å². The second kappa shape index (κ2) is 10.7. The number of para-hydroxylation sites is 1. The standard InChI is InChI=1S/C23H25FN8O4S/c1-14(11-20-26-12-15(24)13-27-20)37(33,34)31-23-30-29-22(16-7-5-10-19(25-2)28-16)32(23)21-17(35-3)8-6-9-18(21)36-4/h5-10,12-14H,11H2,1-4H3,(H,25,28)(H,30,31)/t14-/m1/s1. The Morgan fingerprint density at radius 1 is 1.03 bits per heavy atom. The predicted octanol–water partition coefficient (Wildman–Crippen LogP) is 2.69. The van der Waals surface area contributed by atoms with Crippen molar-refractivity contribution < 1.29 is 22.3 Å². The van der Waals surface area contributed by atoms with Crippen molar-refractivity contribution in [3.05, 3.63) is 60.4 Å². The zero-order valence-corrected chi connectivity index (χ0v) is 21.3. The topological polar surface area (TPSA) is 146 Å². The summed E-state index contributed by atoms with van der Waals surface area (Å²) in [7, 11) is 0.659. The van der Waals surface area contributed by atoms with Crippen molar-refractivity contribution in [2.24, 2.45) is 0 Å². The summed E-state index contributed by atoms with van der Waals surface area (Å²) >= 11 is 0. The molecular formula is C23H25FN8O4S. The molecule has 2 N–H and O–H groups in total. The van der Waals surface area contributed by atoms with Gasteiger partial charge in [0.25, 0.3) is 0 Å². The zero-order valence-electron chi connectivity index (χ0n) is 20.5. The fourth-order valence-electron chi connectivity index (χ4n) is 3.52. The van der Waals surface area contributed by atoms with Crippen molar-refractivity contribution in [1.29, 1.82) is 0 Å². The van der Waals surface area contributed by atoms with Crippen molar-refractivity contribution in [2.75, 3.05) is 31.3 Å². The fraction of sp³-hybridized carbons (Fsp3) is 0.261. The highest BCUT2D eigenvalue weighted by Gasteiger charge is 2.29. The molecule has 14 heteroatoms. The minimum Gasteiger partial charge on any atom is -0.494 e. The molecule has 12 nitrogen and oxygen atoms in total. The Morgan fingerprint density at radius 3 is 2.30 bits per heavy atom. The highest BCUT2D eigenvalue weighted by Crippen LogP contribution is 2.37. The SMILES string of the molecule is CNc1cccc(-c2nnc(NS(=O)(=O)[C@H](C)Cc3ncc(F)cn3)n2-c2c(OC)cccc2OC)n1. The Bertz CT molecular complexity index is 1470. The number of nitrogens with one attached hydrogen (secondary N) is 2. The van der Waals surface area contributed by atoms with Gasteiger partial charge in [-0.25, -0.2) is 27.8 Å². The van der Waals surface area contributed by atoms with Crippen molar-refractivity contribution in [3.63, 3.8) is 0 Å². The number of ether oxygens (including phenoxy) is 2. The number of benzene rings is 1. The molecule has 0 bridgehead atoms. The van der Waals surface area contributed by atoms with Gasteiger partial charge in [-0.3, -0.25) is 9.29 Å². The molecule has 0 aliphatic carbocycles. The van der Waals surface area contributed by atoms with Crippen molar-refractivity contribution in [3.8, 4) is 28.7 Å². The monoisotopic (exact) mass is 528 g/mol. The number of anilines is 2. The van der Waals surface area contributed by atoms with Crippen LogP contribution in [0.4, 0.5) is 16.2 Å². The van der Waals surface area contributed by atoms with E-state index in [9.17, 15) is 12.8 Å².